The van der Waals surface area contributed by atoms with Gasteiger partial charge in [0, 0.05) is 84.3 Å². The molecule has 16 heteroatoms. The number of nitro benzene ring substituents is 1. The molecule has 3 aliphatic rings. The van der Waals surface area contributed by atoms with Crippen molar-refractivity contribution in [3.05, 3.63) is 158 Å². The lowest BCUT2D eigenvalue weighted by molar-refractivity contribution is -0.387. The van der Waals surface area contributed by atoms with Gasteiger partial charge in [0.25, 0.3) is 5.69 Å². The van der Waals surface area contributed by atoms with Crippen molar-refractivity contribution in [3.63, 3.8) is 0 Å². The number of esters is 1. The second kappa shape index (κ2) is 13.2. The van der Waals surface area contributed by atoms with Crippen molar-refractivity contribution in [3.8, 4) is 23.0 Å². The highest BCUT2D eigenvalue weighted by Gasteiger charge is 2.53. The molecule has 0 aliphatic carbocycles. The quantitative estimate of drug-likeness (QED) is 0.0688. The van der Waals surface area contributed by atoms with Crippen LogP contribution < -0.4 is 19.4 Å². The van der Waals surface area contributed by atoms with Gasteiger partial charge in [0.05, 0.1) is 16.9 Å². The van der Waals surface area contributed by atoms with E-state index >= 15 is 0 Å². The fourth-order valence-electron chi connectivity index (χ4n) is 7.74. The Morgan fingerprint density at radius 2 is 1.56 bits per heavy atom. The zero-order valence-electron chi connectivity index (χ0n) is 29.6. The molecule has 0 bridgehead atoms. The average molecular weight is 788 g/mol. The molecule has 1 unspecified atom stereocenters. The number of carbonyl (C=O) groups is 2. The number of nitro groups is 1. The summed E-state index contributed by atoms with van der Waals surface area (Å²) < 4.78 is 49.9. The van der Waals surface area contributed by atoms with E-state index in [-0.39, 0.29) is 35.2 Å². The van der Waals surface area contributed by atoms with Gasteiger partial charge in [-0.3, -0.25) is 14.9 Å². The fourth-order valence-corrected chi connectivity index (χ4v) is 8.83. The Hall–Kier alpha value is -7.20. The molecule has 57 heavy (non-hydrogen) atoms. The highest BCUT2D eigenvalue weighted by atomic mass is 32.2. The smallest absolute Gasteiger partial charge is 0.346 e. The molecule has 4 heterocycles. The number of phenols is 1. The highest BCUT2D eigenvalue weighted by Crippen LogP contribution is 2.57. The van der Waals surface area contributed by atoms with Crippen molar-refractivity contribution in [2.75, 3.05) is 31.1 Å². The van der Waals surface area contributed by atoms with E-state index in [1.807, 2.05) is 12.1 Å². The molecule has 6 aromatic rings. The first-order valence-electron chi connectivity index (χ1n) is 17.7. The number of fused-ring (bicyclic) bond motifs is 7. The van der Waals surface area contributed by atoms with Crippen LogP contribution >= 0.6 is 0 Å². The number of amides is 1. The standard InChI is InChI=1S/C41H29N3O12S/c45-26-10-12-28-24(20-39(47)54-34(28)22-26)19-38(46)43-17-15-42(16-18-43)25-9-13-31-35(21-25)53-36-23-27(56-57(51,52)37-8-4-3-7-33(37)44(49)50)11-14-32(36)41(31)30-6-2-1-5-29(30)40(48)55-41/h1-14,20-23,45H,15-19H2. The van der Waals surface area contributed by atoms with Crippen LogP contribution in [0.4, 0.5) is 11.4 Å². The molecule has 1 fully saturated rings. The molecule has 5 aromatic carbocycles. The Bertz CT molecular complexity index is 2870. The van der Waals surface area contributed by atoms with Crippen LogP contribution in [0.5, 0.6) is 23.0 Å². The molecule has 9 rings (SSSR count). The molecular weight excluding hydrogens is 759 g/mol. The predicted octanol–water partition coefficient (Wildman–Crippen LogP) is 5.63. The largest absolute Gasteiger partial charge is 0.508 e. The molecule has 1 amide bonds. The van der Waals surface area contributed by atoms with Crippen molar-refractivity contribution in [2.24, 2.45) is 0 Å². The molecule has 1 saturated heterocycles. The SMILES string of the molecule is O=C1OC2(c3ccc(OS(=O)(=O)c4ccccc4[N+](=O)[O-])cc3Oc3cc(N4CCN(C(=O)Cc5cc(=O)oc6cc(O)ccc56)CC4)ccc32)c2ccccc21. The van der Waals surface area contributed by atoms with Crippen LogP contribution in [0.25, 0.3) is 11.0 Å². The maximum absolute atomic E-state index is 13.4. The molecule has 0 saturated carbocycles. The third-order valence-electron chi connectivity index (χ3n) is 10.4. The van der Waals surface area contributed by atoms with Crippen LogP contribution in [-0.4, -0.2) is 61.4 Å². The maximum atomic E-state index is 13.4. The fraction of sp³-hybridized carbons (Fsp3) is 0.146. The average Bonchev–Trinajstić information content (AvgIpc) is 3.49. The zero-order chi connectivity index (χ0) is 39.6. The van der Waals surface area contributed by atoms with Crippen molar-refractivity contribution < 1.29 is 46.1 Å². The van der Waals surface area contributed by atoms with Gasteiger partial charge in [-0.15, -0.1) is 0 Å². The van der Waals surface area contributed by atoms with E-state index in [0.717, 1.165) is 17.8 Å². The second-order valence-corrected chi connectivity index (χ2v) is 15.1. The summed E-state index contributed by atoms with van der Waals surface area (Å²) in [4.78, 5) is 53.0. The minimum atomic E-state index is -4.67. The minimum absolute atomic E-state index is 0.0313. The van der Waals surface area contributed by atoms with Gasteiger partial charge in [-0.1, -0.05) is 30.3 Å². The summed E-state index contributed by atoms with van der Waals surface area (Å²) in [7, 11) is -4.67. The van der Waals surface area contributed by atoms with Gasteiger partial charge in [-0.05, 0) is 54.1 Å². The molecule has 1 atom stereocenters. The van der Waals surface area contributed by atoms with Crippen molar-refractivity contribution in [1.29, 1.82) is 0 Å². The molecular formula is C41H29N3O12S. The number of hydrogen-bond donors (Lipinski definition) is 1. The molecule has 286 valence electrons. The Morgan fingerprint density at radius 1 is 0.842 bits per heavy atom. The van der Waals surface area contributed by atoms with E-state index < -0.39 is 42.8 Å². The number of aromatic hydroxyl groups is 1. The van der Waals surface area contributed by atoms with Crippen LogP contribution in [0, 0.1) is 10.1 Å². The minimum Gasteiger partial charge on any atom is -0.508 e. The third-order valence-corrected chi connectivity index (χ3v) is 11.7. The van der Waals surface area contributed by atoms with E-state index in [1.165, 1.54) is 48.5 Å². The van der Waals surface area contributed by atoms with Crippen LogP contribution in [0.3, 0.4) is 0 Å². The van der Waals surface area contributed by atoms with Gasteiger partial charge in [-0.25, -0.2) is 9.59 Å². The van der Waals surface area contributed by atoms with Gasteiger partial charge >= 0.3 is 21.7 Å². The van der Waals surface area contributed by atoms with E-state index in [9.17, 15) is 38.0 Å². The van der Waals surface area contributed by atoms with Crippen LogP contribution in [0.1, 0.15) is 32.6 Å². The number of nitrogens with zero attached hydrogens (tertiary/aromatic N) is 3. The molecule has 1 spiro atoms. The summed E-state index contributed by atoms with van der Waals surface area (Å²) >= 11 is 0. The first-order valence-corrected chi connectivity index (χ1v) is 19.1. The summed E-state index contributed by atoms with van der Waals surface area (Å²) in [5, 5.41) is 22.0. The maximum Gasteiger partial charge on any atom is 0.346 e. The first-order chi connectivity index (χ1) is 27.4. The molecule has 1 N–H and O–H groups in total. The lowest BCUT2D eigenvalue weighted by Gasteiger charge is -2.39. The Balaban J connectivity index is 1.01. The van der Waals surface area contributed by atoms with Crippen molar-refractivity contribution in [2.45, 2.75) is 16.9 Å². The van der Waals surface area contributed by atoms with E-state index in [2.05, 4.69) is 4.90 Å². The number of hydrogen-bond acceptors (Lipinski definition) is 13. The summed E-state index contributed by atoms with van der Waals surface area (Å²) in [6, 6.07) is 27.2. The number of anilines is 1. The van der Waals surface area contributed by atoms with E-state index in [0.29, 0.717) is 65.1 Å². The normalized spacial score (nSPS) is 17.0. The lowest BCUT2D eigenvalue weighted by Crippen LogP contribution is -2.49. The molecule has 3 aliphatic heterocycles. The molecule has 1 aromatic heterocycles. The van der Waals surface area contributed by atoms with Crippen molar-refractivity contribution in [1.82, 2.24) is 4.90 Å². The number of rotatable bonds is 7. The van der Waals surface area contributed by atoms with Crippen molar-refractivity contribution >= 4 is 44.3 Å². The summed E-state index contributed by atoms with van der Waals surface area (Å²) in [5.41, 5.74) is 0.544. The molecule has 15 nitrogen and oxygen atoms in total. The van der Waals surface area contributed by atoms with Gasteiger partial charge in [0.15, 0.2) is 10.5 Å². The Kier molecular flexibility index (Phi) is 8.24. The number of piperazine rings is 1. The lowest BCUT2D eigenvalue weighted by atomic mass is 9.77. The number of ether oxygens (including phenoxy) is 2. The van der Waals surface area contributed by atoms with Gasteiger partial charge in [0.2, 0.25) is 5.91 Å². The number of carbonyl (C=O) groups excluding carboxylic acids is 2. The summed E-state index contributed by atoms with van der Waals surface area (Å²) in [6.45, 7) is 1.67. The Morgan fingerprint density at radius 3 is 2.35 bits per heavy atom. The number of para-hydroxylation sites is 1. The topological polar surface area (TPSA) is 196 Å². The van der Waals surface area contributed by atoms with Crippen LogP contribution in [0.15, 0.2) is 123 Å². The van der Waals surface area contributed by atoms with E-state index in [4.69, 9.17) is 18.1 Å². The highest BCUT2D eigenvalue weighted by molar-refractivity contribution is 7.87. The van der Waals surface area contributed by atoms with Crippen LogP contribution in [0.2, 0.25) is 0 Å². The third kappa shape index (κ3) is 5.97. The van der Waals surface area contributed by atoms with Gasteiger partial charge in [0.1, 0.15) is 28.6 Å². The summed E-state index contributed by atoms with van der Waals surface area (Å²) in [6.07, 6.45) is -0.0313. The number of phenolic OH excluding ortho intramolecular Hbond substituents is 1. The van der Waals surface area contributed by atoms with Gasteiger partial charge < -0.3 is 33.0 Å². The van der Waals surface area contributed by atoms with Gasteiger partial charge in [-0.2, -0.15) is 8.42 Å². The van der Waals surface area contributed by atoms with E-state index in [1.54, 1.807) is 41.3 Å². The Labute approximate surface area is 323 Å². The number of benzene rings is 5. The monoisotopic (exact) mass is 787 g/mol. The first kappa shape index (κ1) is 35.5. The summed E-state index contributed by atoms with van der Waals surface area (Å²) in [5.74, 6) is -0.534. The second-order valence-electron chi connectivity index (χ2n) is 13.6. The van der Waals surface area contributed by atoms with Crippen LogP contribution in [-0.2, 0) is 31.7 Å². The zero-order valence-corrected chi connectivity index (χ0v) is 30.4. The molecule has 0 radical (unpaired) electrons. The predicted molar refractivity (Wildman–Crippen MR) is 202 cm³/mol.